The van der Waals surface area contributed by atoms with E-state index in [1.54, 1.807) is 19.0 Å². The van der Waals surface area contributed by atoms with Crippen LogP contribution in [0.2, 0.25) is 0 Å². The molecule has 134 valence electrons. The number of ether oxygens (including phenoxy) is 1. The van der Waals surface area contributed by atoms with Crippen LogP contribution in [-0.2, 0) is 9.53 Å². The van der Waals surface area contributed by atoms with Gasteiger partial charge in [0.1, 0.15) is 6.54 Å². The third kappa shape index (κ3) is 9.40. The Hall–Kier alpha value is -1.34. The first-order valence-electron chi connectivity index (χ1n) is 8.66. The molecule has 0 atom stereocenters. The molecule has 1 aliphatic rings. The van der Waals surface area contributed by atoms with Gasteiger partial charge in [-0.2, -0.15) is 0 Å². The van der Waals surface area contributed by atoms with E-state index < -0.39 is 0 Å². The first kappa shape index (κ1) is 19.7. The number of carbonyl (C=O) groups excluding carboxylic acids is 1. The van der Waals surface area contributed by atoms with Gasteiger partial charge < -0.3 is 20.3 Å². The van der Waals surface area contributed by atoms with Crippen molar-refractivity contribution in [1.29, 1.82) is 0 Å². The Morgan fingerprint density at radius 1 is 1.17 bits per heavy atom. The van der Waals surface area contributed by atoms with Crippen LogP contribution in [0.5, 0.6) is 0 Å². The van der Waals surface area contributed by atoms with Gasteiger partial charge in [0.2, 0.25) is 5.91 Å². The zero-order chi connectivity index (χ0) is 16.9. The van der Waals surface area contributed by atoms with Crippen molar-refractivity contribution in [2.24, 2.45) is 4.99 Å². The molecule has 0 aromatic heterocycles. The normalized spacial score (nSPS) is 16.2. The molecule has 0 bridgehead atoms. The molecule has 7 nitrogen and oxygen atoms in total. The smallest absolute Gasteiger partial charge is 0.243 e. The first-order chi connectivity index (χ1) is 11.1. The maximum atomic E-state index is 11.7. The van der Waals surface area contributed by atoms with E-state index >= 15 is 0 Å². The van der Waals surface area contributed by atoms with Crippen LogP contribution in [0, 0.1) is 0 Å². The predicted octanol–water partition coefficient (Wildman–Crippen LogP) is 0.132. The number of morpholine rings is 1. The summed E-state index contributed by atoms with van der Waals surface area (Å²) in [5, 5.41) is 6.64. The van der Waals surface area contributed by atoms with Crippen LogP contribution in [0.25, 0.3) is 0 Å². The van der Waals surface area contributed by atoms with Crippen LogP contribution in [0.3, 0.4) is 0 Å². The quantitative estimate of drug-likeness (QED) is 0.358. The Morgan fingerprint density at radius 3 is 2.52 bits per heavy atom. The highest BCUT2D eigenvalue weighted by Gasteiger charge is 2.10. The number of hydrogen-bond donors (Lipinski definition) is 2. The predicted molar refractivity (Wildman–Crippen MR) is 93.8 cm³/mol. The maximum Gasteiger partial charge on any atom is 0.243 e. The zero-order valence-corrected chi connectivity index (χ0v) is 14.9. The van der Waals surface area contributed by atoms with Crippen LogP contribution in [-0.4, -0.2) is 88.2 Å². The average molecular weight is 327 g/mol. The molecular weight excluding hydrogens is 294 g/mol. The maximum absolute atomic E-state index is 11.7. The number of likely N-dealkylation sites (N-methyl/N-ethyl adjacent to an activating group) is 1. The van der Waals surface area contributed by atoms with Gasteiger partial charge in [0.25, 0.3) is 0 Å². The van der Waals surface area contributed by atoms with Crippen LogP contribution < -0.4 is 10.6 Å². The molecular formula is C16H33N5O2. The fourth-order valence-electron chi connectivity index (χ4n) is 2.20. The molecule has 0 aromatic carbocycles. The lowest BCUT2D eigenvalue weighted by molar-refractivity contribution is -0.127. The van der Waals surface area contributed by atoms with E-state index in [1.165, 1.54) is 12.8 Å². The fraction of sp³-hybridized carbons (Fsp3) is 0.875. The largest absolute Gasteiger partial charge is 0.379 e. The van der Waals surface area contributed by atoms with E-state index in [2.05, 4.69) is 27.4 Å². The molecule has 7 heteroatoms. The van der Waals surface area contributed by atoms with E-state index in [0.717, 1.165) is 58.3 Å². The molecule has 23 heavy (non-hydrogen) atoms. The van der Waals surface area contributed by atoms with Crippen molar-refractivity contribution in [3.8, 4) is 0 Å². The summed E-state index contributed by atoms with van der Waals surface area (Å²) in [6, 6.07) is 0. The molecule has 1 saturated heterocycles. The van der Waals surface area contributed by atoms with Crippen LogP contribution in [0.15, 0.2) is 4.99 Å². The Morgan fingerprint density at radius 2 is 1.87 bits per heavy atom. The van der Waals surface area contributed by atoms with Gasteiger partial charge in [-0.25, -0.2) is 4.99 Å². The van der Waals surface area contributed by atoms with Crippen molar-refractivity contribution in [3.63, 3.8) is 0 Å². The van der Waals surface area contributed by atoms with Crippen molar-refractivity contribution in [3.05, 3.63) is 0 Å². The van der Waals surface area contributed by atoms with Gasteiger partial charge in [0.05, 0.1) is 13.2 Å². The third-order valence-corrected chi connectivity index (χ3v) is 3.77. The minimum absolute atomic E-state index is 0.00726. The first-order valence-corrected chi connectivity index (χ1v) is 8.66. The van der Waals surface area contributed by atoms with Gasteiger partial charge in [-0.15, -0.1) is 0 Å². The second kappa shape index (κ2) is 12.1. The number of rotatable bonds is 9. The molecule has 1 rings (SSSR count). The van der Waals surface area contributed by atoms with E-state index in [-0.39, 0.29) is 12.5 Å². The number of unbranched alkanes of at least 4 members (excludes halogenated alkanes) is 2. The topological polar surface area (TPSA) is 69.2 Å². The second-order valence-corrected chi connectivity index (χ2v) is 5.97. The van der Waals surface area contributed by atoms with E-state index in [0.29, 0.717) is 0 Å². The summed E-state index contributed by atoms with van der Waals surface area (Å²) in [5.41, 5.74) is 0. The molecule has 1 aliphatic heterocycles. The zero-order valence-electron chi connectivity index (χ0n) is 14.9. The highest BCUT2D eigenvalue weighted by atomic mass is 16.5. The molecule has 0 unspecified atom stereocenters. The fourth-order valence-corrected chi connectivity index (χ4v) is 2.20. The molecule has 0 radical (unpaired) electrons. The lowest BCUT2D eigenvalue weighted by Gasteiger charge is -2.26. The lowest BCUT2D eigenvalue weighted by Crippen LogP contribution is -2.45. The minimum atomic E-state index is 0.00726. The number of hydrogen-bond acceptors (Lipinski definition) is 4. The summed E-state index contributed by atoms with van der Waals surface area (Å²) in [5.74, 6) is 0.734. The Labute approximate surface area is 140 Å². The molecule has 0 aliphatic carbocycles. The second-order valence-electron chi connectivity index (χ2n) is 5.97. The summed E-state index contributed by atoms with van der Waals surface area (Å²) >= 11 is 0. The Bertz CT molecular complexity index is 354. The highest BCUT2D eigenvalue weighted by Crippen LogP contribution is 1.95. The Kier molecular flexibility index (Phi) is 10.4. The number of nitrogens with zero attached hydrogens (tertiary/aromatic N) is 3. The SMILES string of the molecule is CCCCCNC(=NCC(=O)N(C)C)NCCN1CCOCC1. The summed E-state index contributed by atoms with van der Waals surface area (Å²) in [6.07, 6.45) is 3.50. The minimum Gasteiger partial charge on any atom is -0.379 e. The molecule has 0 aromatic rings. The standard InChI is InChI=1S/C16H33N5O2/c1-4-5-6-7-17-16(19-14-15(22)20(2)3)18-8-9-21-10-12-23-13-11-21/h4-14H2,1-3H3,(H2,17,18,19). The van der Waals surface area contributed by atoms with Gasteiger partial charge in [0.15, 0.2) is 5.96 Å². The van der Waals surface area contributed by atoms with E-state index in [4.69, 9.17) is 4.74 Å². The molecule has 0 spiro atoms. The van der Waals surface area contributed by atoms with Crippen LogP contribution in [0.1, 0.15) is 26.2 Å². The van der Waals surface area contributed by atoms with Crippen LogP contribution in [0.4, 0.5) is 0 Å². The summed E-state index contributed by atoms with van der Waals surface area (Å²) in [6.45, 7) is 8.61. The summed E-state index contributed by atoms with van der Waals surface area (Å²) in [4.78, 5) is 20.0. The summed E-state index contributed by atoms with van der Waals surface area (Å²) in [7, 11) is 3.50. The molecule has 2 N–H and O–H groups in total. The van der Waals surface area contributed by atoms with Gasteiger partial charge in [-0.1, -0.05) is 19.8 Å². The van der Waals surface area contributed by atoms with Crippen molar-refractivity contribution in [2.75, 3.05) is 66.6 Å². The molecule has 1 amide bonds. The van der Waals surface area contributed by atoms with Gasteiger partial charge >= 0.3 is 0 Å². The number of amides is 1. The van der Waals surface area contributed by atoms with Gasteiger partial charge in [-0.05, 0) is 6.42 Å². The monoisotopic (exact) mass is 327 g/mol. The van der Waals surface area contributed by atoms with E-state index in [1.807, 2.05) is 0 Å². The molecule has 0 saturated carbocycles. The van der Waals surface area contributed by atoms with Gasteiger partial charge in [-0.3, -0.25) is 9.69 Å². The van der Waals surface area contributed by atoms with E-state index in [9.17, 15) is 4.79 Å². The number of carbonyl (C=O) groups is 1. The van der Waals surface area contributed by atoms with Crippen LogP contribution >= 0.6 is 0 Å². The number of guanidine groups is 1. The number of nitrogens with one attached hydrogen (secondary N) is 2. The van der Waals surface area contributed by atoms with Crippen molar-refractivity contribution in [1.82, 2.24) is 20.4 Å². The average Bonchev–Trinajstić information content (AvgIpc) is 2.56. The van der Waals surface area contributed by atoms with Crippen molar-refractivity contribution < 1.29 is 9.53 Å². The number of aliphatic imine (C=N–C) groups is 1. The van der Waals surface area contributed by atoms with Crippen molar-refractivity contribution in [2.45, 2.75) is 26.2 Å². The lowest BCUT2D eigenvalue weighted by atomic mass is 10.2. The molecule has 1 fully saturated rings. The van der Waals surface area contributed by atoms with Gasteiger partial charge in [0, 0.05) is 46.8 Å². The molecule has 1 heterocycles. The highest BCUT2D eigenvalue weighted by molar-refractivity contribution is 5.84. The third-order valence-electron chi connectivity index (χ3n) is 3.77. The summed E-state index contributed by atoms with van der Waals surface area (Å²) < 4.78 is 5.35. The Balaban J connectivity index is 2.35. The van der Waals surface area contributed by atoms with Crippen molar-refractivity contribution >= 4 is 11.9 Å².